The first-order valence-electron chi connectivity index (χ1n) is 7.89. The second kappa shape index (κ2) is 8.41. The molecule has 0 aliphatic rings. The Morgan fingerprint density at radius 2 is 2.04 bits per heavy atom. The molecule has 0 atom stereocenters. The van der Waals surface area contributed by atoms with E-state index in [0.29, 0.717) is 27.6 Å². The molecule has 9 nitrogen and oxygen atoms in total. The lowest BCUT2D eigenvalue weighted by atomic mass is 10.2. The smallest absolute Gasteiger partial charge is 0.358 e. The lowest BCUT2D eigenvalue weighted by molar-refractivity contribution is -0.390. The number of nitrogens with zero attached hydrogens (tertiary/aromatic N) is 5. The molecule has 28 heavy (non-hydrogen) atoms. The first-order valence-corrected chi connectivity index (χ1v) is 9.86. The number of anilines is 1. The molecule has 0 bridgehead atoms. The molecule has 3 rings (SSSR count). The zero-order valence-corrected chi connectivity index (χ0v) is 18.3. The predicted molar refractivity (Wildman–Crippen MR) is 110 cm³/mol. The SMILES string of the molecule is Cc1c(Br)c([N+](=O)[O-])nn1CC(=O)Nc1nn(Cc2ccccc2Cl)cc1Br. The molecule has 1 amide bonds. The van der Waals surface area contributed by atoms with E-state index in [4.69, 9.17) is 11.6 Å². The van der Waals surface area contributed by atoms with Gasteiger partial charge in [-0.3, -0.25) is 9.48 Å². The van der Waals surface area contributed by atoms with E-state index in [9.17, 15) is 14.9 Å². The van der Waals surface area contributed by atoms with Crippen molar-refractivity contribution in [1.82, 2.24) is 19.6 Å². The maximum Gasteiger partial charge on any atom is 0.404 e. The maximum atomic E-state index is 12.4. The van der Waals surface area contributed by atoms with Crippen molar-refractivity contribution in [2.45, 2.75) is 20.0 Å². The Kier molecular flexibility index (Phi) is 6.16. The number of nitro groups is 1. The van der Waals surface area contributed by atoms with Crippen molar-refractivity contribution >= 4 is 61.0 Å². The predicted octanol–water partition coefficient (Wildman–Crippen LogP) is 4.16. The number of hydrogen-bond donors (Lipinski definition) is 1. The van der Waals surface area contributed by atoms with E-state index >= 15 is 0 Å². The van der Waals surface area contributed by atoms with Gasteiger partial charge in [0.15, 0.2) is 5.82 Å². The van der Waals surface area contributed by atoms with Gasteiger partial charge in [-0.05, 0) is 55.3 Å². The summed E-state index contributed by atoms with van der Waals surface area (Å²) in [6.07, 6.45) is 1.72. The second-order valence-electron chi connectivity index (χ2n) is 5.80. The van der Waals surface area contributed by atoms with Crippen LogP contribution in [0, 0.1) is 17.0 Å². The molecule has 2 aromatic heterocycles. The fourth-order valence-corrected chi connectivity index (χ4v) is 3.49. The van der Waals surface area contributed by atoms with E-state index < -0.39 is 10.8 Å². The summed E-state index contributed by atoms with van der Waals surface area (Å²) >= 11 is 12.6. The number of rotatable bonds is 6. The van der Waals surface area contributed by atoms with Gasteiger partial charge in [0, 0.05) is 11.2 Å². The molecule has 0 aliphatic heterocycles. The van der Waals surface area contributed by atoms with Crippen LogP contribution in [0.1, 0.15) is 11.3 Å². The zero-order valence-electron chi connectivity index (χ0n) is 14.4. The van der Waals surface area contributed by atoms with Gasteiger partial charge in [0.2, 0.25) is 5.91 Å². The quantitative estimate of drug-likeness (QED) is 0.379. The molecule has 3 aromatic rings. The van der Waals surface area contributed by atoms with Crippen LogP contribution in [0.4, 0.5) is 11.6 Å². The van der Waals surface area contributed by atoms with Crippen LogP contribution in [-0.4, -0.2) is 30.4 Å². The van der Waals surface area contributed by atoms with Crippen molar-refractivity contribution in [1.29, 1.82) is 0 Å². The standard InChI is InChI=1S/C16H13Br2ClN6O3/c1-9-14(18)16(25(27)28)22-24(9)8-13(26)20-15-11(17)7-23(21-15)6-10-4-2-3-5-12(10)19/h2-5,7H,6,8H2,1H3,(H,20,21,26). The fraction of sp³-hybridized carbons (Fsp3) is 0.188. The number of aromatic nitrogens is 4. The maximum absolute atomic E-state index is 12.4. The van der Waals surface area contributed by atoms with Gasteiger partial charge in [0.1, 0.15) is 11.0 Å². The summed E-state index contributed by atoms with van der Waals surface area (Å²) in [5, 5.41) is 22.4. The van der Waals surface area contributed by atoms with Gasteiger partial charge in [0.05, 0.1) is 21.8 Å². The van der Waals surface area contributed by atoms with E-state index in [-0.39, 0.29) is 16.8 Å². The molecule has 0 unspecified atom stereocenters. The van der Waals surface area contributed by atoms with E-state index in [1.54, 1.807) is 23.9 Å². The molecule has 0 spiro atoms. The molecule has 0 aliphatic carbocycles. The lowest BCUT2D eigenvalue weighted by Crippen LogP contribution is -2.21. The number of benzene rings is 1. The number of carbonyl (C=O) groups excluding carboxylic acids is 1. The molecule has 0 saturated heterocycles. The summed E-state index contributed by atoms with van der Waals surface area (Å²) in [6.45, 7) is 1.87. The van der Waals surface area contributed by atoms with Crippen LogP contribution in [0.5, 0.6) is 0 Å². The monoisotopic (exact) mass is 530 g/mol. The van der Waals surface area contributed by atoms with E-state index in [1.165, 1.54) is 4.68 Å². The van der Waals surface area contributed by atoms with Gasteiger partial charge in [-0.1, -0.05) is 29.8 Å². The first-order chi connectivity index (χ1) is 13.3. The molecular formula is C16H13Br2ClN6O3. The highest BCUT2D eigenvalue weighted by atomic mass is 79.9. The Morgan fingerprint density at radius 3 is 2.68 bits per heavy atom. The van der Waals surface area contributed by atoms with Crippen molar-refractivity contribution < 1.29 is 9.72 Å². The summed E-state index contributed by atoms with van der Waals surface area (Å²) in [6, 6.07) is 7.41. The summed E-state index contributed by atoms with van der Waals surface area (Å²) in [4.78, 5) is 22.7. The second-order valence-corrected chi connectivity index (χ2v) is 7.86. The van der Waals surface area contributed by atoms with Crippen molar-refractivity contribution in [2.75, 3.05) is 5.32 Å². The Morgan fingerprint density at radius 1 is 1.32 bits per heavy atom. The average molecular weight is 533 g/mol. The Bertz CT molecular complexity index is 1060. The summed E-state index contributed by atoms with van der Waals surface area (Å²) in [5.41, 5.74) is 1.37. The van der Waals surface area contributed by atoms with Crippen molar-refractivity contribution in [3.05, 3.63) is 65.8 Å². The van der Waals surface area contributed by atoms with Gasteiger partial charge in [0.25, 0.3) is 0 Å². The molecular weight excluding hydrogens is 519 g/mol. The Labute approximate surface area is 181 Å². The molecule has 1 aromatic carbocycles. The summed E-state index contributed by atoms with van der Waals surface area (Å²) in [5.74, 6) is -0.428. The lowest BCUT2D eigenvalue weighted by Gasteiger charge is -2.04. The van der Waals surface area contributed by atoms with Gasteiger partial charge in [-0.25, -0.2) is 0 Å². The largest absolute Gasteiger partial charge is 0.404 e. The minimum Gasteiger partial charge on any atom is -0.358 e. The van der Waals surface area contributed by atoms with E-state index in [1.807, 2.05) is 18.2 Å². The number of hydrogen-bond acceptors (Lipinski definition) is 5. The van der Waals surface area contributed by atoms with Crippen molar-refractivity contribution in [3.63, 3.8) is 0 Å². The molecule has 146 valence electrons. The van der Waals surface area contributed by atoms with Crippen LogP contribution in [0.25, 0.3) is 0 Å². The zero-order chi connectivity index (χ0) is 20.4. The Hall–Kier alpha value is -2.24. The minimum atomic E-state index is -0.613. The molecule has 0 fully saturated rings. The normalized spacial score (nSPS) is 10.9. The fourth-order valence-electron chi connectivity index (χ4n) is 2.45. The van der Waals surface area contributed by atoms with Crippen LogP contribution in [0.2, 0.25) is 5.02 Å². The summed E-state index contributed by atoms with van der Waals surface area (Å²) < 4.78 is 3.74. The topological polar surface area (TPSA) is 108 Å². The average Bonchev–Trinajstić information content (AvgIpc) is 3.11. The third kappa shape index (κ3) is 4.42. The number of amides is 1. The van der Waals surface area contributed by atoms with Crippen LogP contribution >= 0.6 is 43.5 Å². The van der Waals surface area contributed by atoms with Crippen molar-refractivity contribution in [2.24, 2.45) is 0 Å². The van der Waals surface area contributed by atoms with E-state index in [0.717, 1.165) is 5.56 Å². The molecule has 0 radical (unpaired) electrons. The summed E-state index contributed by atoms with van der Waals surface area (Å²) in [7, 11) is 0. The highest BCUT2D eigenvalue weighted by Gasteiger charge is 2.25. The van der Waals surface area contributed by atoms with Crippen molar-refractivity contribution in [3.8, 4) is 0 Å². The molecule has 1 N–H and O–H groups in total. The van der Waals surface area contributed by atoms with Gasteiger partial charge >= 0.3 is 5.82 Å². The van der Waals surface area contributed by atoms with Gasteiger partial charge < -0.3 is 15.4 Å². The number of nitrogens with one attached hydrogen (secondary N) is 1. The Balaban J connectivity index is 1.71. The minimum absolute atomic E-state index is 0.192. The number of carbonyl (C=O) groups is 1. The van der Waals surface area contributed by atoms with Gasteiger partial charge in [-0.2, -0.15) is 9.78 Å². The third-order valence-electron chi connectivity index (χ3n) is 3.85. The molecule has 12 heteroatoms. The first kappa shape index (κ1) is 20.5. The molecule has 2 heterocycles. The van der Waals surface area contributed by atoms with Crippen LogP contribution < -0.4 is 5.32 Å². The highest BCUT2D eigenvalue weighted by molar-refractivity contribution is 9.11. The highest BCUT2D eigenvalue weighted by Crippen LogP contribution is 2.27. The van der Waals surface area contributed by atoms with Crippen LogP contribution in [0.15, 0.2) is 39.4 Å². The van der Waals surface area contributed by atoms with Crippen LogP contribution in [-0.2, 0) is 17.9 Å². The van der Waals surface area contributed by atoms with Crippen LogP contribution in [0.3, 0.4) is 0 Å². The third-order valence-corrected chi connectivity index (χ3v) is 5.73. The van der Waals surface area contributed by atoms with E-state index in [2.05, 4.69) is 47.4 Å². The number of halogens is 3. The van der Waals surface area contributed by atoms with Gasteiger partial charge in [-0.15, -0.1) is 0 Å². The molecule has 0 saturated carbocycles.